The topological polar surface area (TPSA) is 141 Å². The normalized spacial score (nSPS) is 30.0. The van der Waals surface area contributed by atoms with E-state index in [2.05, 4.69) is 26.1 Å². The van der Waals surface area contributed by atoms with Gasteiger partial charge >= 0.3 is 5.97 Å². The average Bonchev–Trinajstić information content (AvgIpc) is 3.76. The zero-order valence-electron chi connectivity index (χ0n) is 31.8. The number of para-hydroxylation sites is 1. The fourth-order valence-corrected chi connectivity index (χ4v) is 9.53. The van der Waals surface area contributed by atoms with Gasteiger partial charge in [0.05, 0.1) is 33.5 Å². The summed E-state index contributed by atoms with van der Waals surface area (Å²) in [5.74, 6) is 0.416. The highest BCUT2D eigenvalue weighted by molar-refractivity contribution is 5.99. The van der Waals surface area contributed by atoms with E-state index in [1.54, 1.807) is 24.0 Å². The number of hydrogen-bond donors (Lipinski definition) is 3. The molecule has 2 amide bonds. The van der Waals surface area contributed by atoms with E-state index in [-0.39, 0.29) is 36.4 Å². The van der Waals surface area contributed by atoms with Gasteiger partial charge in [-0.3, -0.25) is 14.4 Å². The van der Waals surface area contributed by atoms with Crippen LogP contribution in [0.4, 0.5) is 5.69 Å². The molecule has 5 fully saturated rings. The Hall–Kier alpha value is -3.71. The molecule has 0 radical (unpaired) electrons. The molecule has 284 valence electrons. The van der Waals surface area contributed by atoms with E-state index in [1.807, 2.05) is 55.4 Å². The number of aliphatic hydroxyl groups excluding tert-OH is 2. The Balaban J connectivity index is 1.31. The van der Waals surface area contributed by atoms with Crippen molar-refractivity contribution in [1.29, 1.82) is 0 Å². The zero-order valence-corrected chi connectivity index (χ0v) is 31.8. The lowest BCUT2D eigenvalue weighted by atomic mass is 9.45. The van der Waals surface area contributed by atoms with Crippen molar-refractivity contribution in [1.82, 2.24) is 15.3 Å². The molecular formula is C40H56N4O8. The summed E-state index contributed by atoms with van der Waals surface area (Å²) >= 11 is 0. The fraction of sp³-hybridized carbons (Fsp3) is 0.625. The first-order valence-corrected chi connectivity index (χ1v) is 18.6. The fourth-order valence-electron chi connectivity index (χ4n) is 9.53. The van der Waals surface area contributed by atoms with Crippen molar-refractivity contribution in [3.63, 3.8) is 0 Å². The van der Waals surface area contributed by atoms with Crippen LogP contribution in [0.25, 0.3) is 11.1 Å². The van der Waals surface area contributed by atoms with E-state index in [0.717, 1.165) is 28.8 Å². The number of aliphatic hydroxyl groups is 2. The first-order chi connectivity index (χ1) is 24.7. The smallest absolute Gasteiger partial charge is 0.328 e. The maximum absolute atomic E-state index is 14.2. The SMILES string of the molecule is COC(=O)[C@@H]1CCCN1C(=O)c1cc(-c2cccc(CN3O[C@@H](CO)[C@@H]([C@H](C)O)[C@H]3C(=O)N[C@H]3C[C@H]4C[C@@H]([C@@H]3C)C4(C)C)c2OC)cc(N(C)C)c1. The van der Waals surface area contributed by atoms with Crippen LogP contribution < -0.4 is 15.0 Å². The molecule has 5 aliphatic rings. The number of hydrogen-bond acceptors (Lipinski definition) is 10. The first-order valence-electron chi connectivity index (χ1n) is 18.6. The molecule has 2 aromatic rings. The quantitative estimate of drug-likeness (QED) is 0.293. The predicted octanol–water partition coefficient (Wildman–Crippen LogP) is 3.87. The number of carbonyl (C=O) groups excluding carboxylic acids is 3. The second kappa shape index (κ2) is 15.0. The molecule has 2 aromatic carbocycles. The van der Waals surface area contributed by atoms with Crippen molar-refractivity contribution in [3.05, 3.63) is 47.5 Å². The molecule has 3 N–H and O–H groups in total. The number of nitrogens with one attached hydrogen (secondary N) is 1. The van der Waals surface area contributed by atoms with Gasteiger partial charge in [-0.1, -0.05) is 39.0 Å². The molecular weight excluding hydrogens is 664 g/mol. The van der Waals surface area contributed by atoms with Crippen molar-refractivity contribution >= 4 is 23.5 Å². The van der Waals surface area contributed by atoms with Crippen LogP contribution in [-0.4, -0.2) is 110 Å². The Morgan fingerprint density at radius 2 is 1.88 bits per heavy atom. The molecule has 12 heteroatoms. The van der Waals surface area contributed by atoms with E-state index in [0.29, 0.717) is 48.5 Å². The number of anilines is 1. The second-order valence-corrected chi connectivity index (χ2v) is 16.1. The summed E-state index contributed by atoms with van der Waals surface area (Å²) in [6.45, 7) is 8.76. The maximum Gasteiger partial charge on any atom is 0.328 e. The van der Waals surface area contributed by atoms with Gasteiger partial charge in [0.25, 0.3) is 5.91 Å². The number of rotatable bonds is 11. The summed E-state index contributed by atoms with van der Waals surface area (Å²) in [6, 6.07) is 9.86. The van der Waals surface area contributed by atoms with Crippen molar-refractivity contribution < 1.29 is 38.9 Å². The van der Waals surface area contributed by atoms with Crippen LogP contribution in [0.2, 0.25) is 0 Å². The molecule has 2 aliphatic heterocycles. The van der Waals surface area contributed by atoms with Crippen LogP contribution in [0.5, 0.6) is 5.75 Å². The third-order valence-corrected chi connectivity index (χ3v) is 12.7. The first kappa shape index (κ1) is 38.0. The van der Waals surface area contributed by atoms with E-state index in [9.17, 15) is 24.6 Å². The van der Waals surface area contributed by atoms with Gasteiger partial charge < -0.3 is 34.8 Å². The molecule has 2 bridgehead atoms. The summed E-state index contributed by atoms with van der Waals surface area (Å²) in [7, 11) is 6.72. The van der Waals surface area contributed by atoms with Crippen LogP contribution in [-0.2, 0) is 25.7 Å². The number of carbonyl (C=O) groups is 3. The number of hydroxylamine groups is 2. The Labute approximate surface area is 307 Å². The number of ether oxygens (including phenoxy) is 2. The highest BCUT2D eigenvalue weighted by Crippen LogP contribution is 2.61. The van der Waals surface area contributed by atoms with Gasteiger partial charge in [-0.15, -0.1) is 0 Å². The minimum absolute atomic E-state index is 0.0242. The van der Waals surface area contributed by atoms with Gasteiger partial charge in [0.1, 0.15) is 23.9 Å². The van der Waals surface area contributed by atoms with Crippen molar-refractivity contribution in [2.24, 2.45) is 29.1 Å². The molecule has 0 aromatic heterocycles. The lowest BCUT2D eigenvalue weighted by Crippen LogP contribution is -2.62. The molecule has 52 heavy (non-hydrogen) atoms. The standard InChI is InChI=1S/C40H56N4O8/c1-22-30-18-27(40(30,3)4)19-31(22)41-37(47)35-34(23(2)46)33(21-45)52-44(35)20-24-11-9-12-29(36(24)50-7)25-15-26(17-28(16-25)42(5)6)38(48)43-14-10-13-32(43)39(49)51-8/h9,11-12,15-17,22-23,27,30-35,45-46H,10,13-14,18-21H2,1-8H3,(H,41,47)/t22-,23-,27+,30-,31-,32-,33-,34+,35-/m0/s1. The Kier molecular flexibility index (Phi) is 10.9. The van der Waals surface area contributed by atoms with E-state index in [1.165, 1.54) is 13.5 Å². The molecule has 2 saturated heterocycles. The summed E-state index contributed by atoms with van der Waals surface area (Å²) in [5, 5.41) is 26.2. The molecule has 9 atom stereocenters. The third-order valence-electron chi connectivity index (χ3n) is 12.7. The number of esters is 1. The molecule has 12 nitrogen and oxygen atoms in total. The van der Waals surface area contributed by atoms with Crippen LogP contribution in [0.3, 0.4) is 0 Å². The number of methoxy groups -OCH3 is 2. The minimum atomic E-state index is -0.915. The largest absolute Gasteiger partial charge is 0.496 e. The van der Waals surface area contributed by atoms with Crippen molar-refractivity contribution in [2.75, 3.05) is 46.4 Å². The van der Waals surface area contributed by atoms with Crippen LogP contribution in [0.1, 0.15) is 69.3 Å². The highest BCUT2D eigenvalue weighted by atomic mass is 16.7. The summed E-state index contributed by atoms with van der Waals surface area (Å²) in [5.41, 5.74) is 3.70. The number of nitrogens with zero attached hydrogens (tertiary/aromatic N) is 3. The monoisotopic (exact) mass is 720 g/mol. The zero-order chi connectivity index (χ0) is 37.6. The summed E-state index contributed by atoms with van der Waals surface area (Å²) in [6.07, 6.45) is 1.69. The van der Waals surface area contributed by atoms with Crippen molar-refractivity contribution in [3.8, 4) is 16.9 Å². The lowest BCUT2D eigenvalue weighted by molar-refractivity contribution is -0.183. The summed E-state index contributed by atoms with van der Waals surface area (Å²) in [4.78, 5) is 50.4. The number of likely N-dealkylation sites (tertiary alicyclic amines) is 1. The highest BCUT2D eigenvalue weighted by Gasteiger charge is 2.57. The molecule has 2 heterocycles. The predicted molar refractivity (Wildman–Crippen MR) is 196 cm³/mol. The molecule has 0 spiro atoms. The number of fused-ring (bicyclic) bond motifs is 2. The Morgan fingerprint density at radius 1 is 1.13 bits per heavy atom. The van der Waals surface area contributed by atoms with Crippen LogP contribution in [0, 0.1) is 29.1 Å². The van der Waals surface area contributed by atoms with E-state index < -0.39 is 36.2 Å². The van der Waals surface area contributed by atoms with Gasteiger partial charge in [0.2, 0.25) is 5.91 Å². The molecule has 0 unspecified atom stereocenters. The van der Waals surface area contributed by atoms with Crippen LogP contribution >= 0.6 is 0 Å². The lowest BCUT2D eigenvalue weighted by Gasteiger charge is -2.62. The minimum Gasteiger partial charge on any atom is -0.496 e. The average molecular weight is 721 g/mol. The Bertz CT molecular complexity index is 1660. The summed E-state index contributed by atoms with van der Waals surface area (Å²) < 4.78 is 11.0. The van der Waals surface area contributed by atoms with Gasteiger partial charge in [-0.05, 0) is 79.5 Å². The van der Waals surface area contributed by atoms with Crippen molar-refractivity contribution in [2.45, 2.75) is 90.3 Å². The number of benzene rings is 2. The Morgan fingerprint density at radius 3 is 2.50 bits per heavy atom. The van der Waals surface area contributed by atoms with E-state index >= 15 is 0 Å². The second-order valence-electron chi connectivity index (χ2n) is 16.1. The van der Waals surface area contributed by atoms with Crippen LogP contribution in [0.15, 0.2) is 36.4 Å². The van der Waals surface area contributed by atoms with Gasteiger partial charge in [-0.25, -0.2) is 4.79 Å². The maximum atomic E-state index is 14.2. The van der Waals surface area contributed by atoms with Gasteiger partial charge in [-0.2, -0.15) is 5.06 Å². The molecule has 3 saturated carbocycles. The third kappa shape index (κ3) is 6.79. The molecule has 3 aliphatic carbocycles. The van der Waals surface area contributed by atoms with Gasteiger partial charge in [0, 0.05) is 55.0 Å². The number of amides is 2. The molecule has 7 rings (SSSR count). The van der Waals surface area contributed by atoms with Gasteiger partial charge in [0.15, 0.2) is 0 Å². The van der Waals surface area contributed by atoms with E-state index in [4.69, 9.17) is 14.3 Å².